The van der Waals surface area contributed by atoms with Gasteiger partial charge in [0.25, 0.3) is 5.91 Å². The number of nitrogens with one attached hydrogen (secondary N) is 1. The molecule has 88 valence electrons. The molecule has 1 aromatic heterocycles. The third kappa shape index (κ3) is 3.20. The van der Waals surface area contributed by atoms with E-state index in [1.54, 1.807) is 6.92 Å². The highest BCUT2D eigenvalue weighted by atomic mass is 19.4. The van der Waals surface area contributed by atoms with Gasteiger partial charge in [-0.15, -0.1) is 0 Å². The second-order valence-electron chi connectivity index (χ2n) is 3.26. The van der Waals surface area contributed by atoms with Gasteiger partial charge in [-0.2, -0.15) is 13.2 Å². The summed E-state index contributed by atoms with van der Waals surface area (Å²) >= 11 is 0. The zero-order chi connectivity index (χ0) is 12.3. The summed E-state index contributed by atoms with van der Waals surface area (Å²) in [6.45, 7) is 1.70. The first-order valence-corrected chi connectivity index (χ1v) is 4.35. The van der Waals surface area contributed by atoms with Crippen LogP contribution in [0.3, 0.4) is 0 Å². The number of amides is 1. The first kappa shape index (κ1) is 12.4. The topological polar surface area (TPSA) is 68.0 Å². The number of aryl methyl sites for hydroxylation is 1. The van der Waals surface area contributed by atoms with E-state index >= 15 is 0 Å². The number of pyridine rings is 1. The zero-order valence-corrected chi connectivity index (χ0v) is 8.38. The number of hydrogen-bond donors (Lipinski definition) is 2. The van der Waals surface area contributed by atoms with Crippen LogP contribution in [0.1, 0.15) is 5.56 Å². The van der Waals surface area contributed by atoms with Crippen LogP contribution >= 0.6 is 0 Å². The minimum absolute atomic E-state index is 0.185. The van der Waals surface area contributed by atoms with Gasteiger partial charge in [-0.3, -0.25) is 9.78 Å². The summed E-state index contributed by atoms with van der Waals surface area (Å²) in [7, 11) is 0. The molecule has 0 saturated carbocycles. The van der Waals surface area contributed by atoms with Gasteiger partial charge in [-0.1, -0.05) is 0 Å². The Morgan fingerprint density at radius 2 is 2.12 bits per heavy atom. The van der Waals surface area contributed by atoms with Gasteiger partial charge in [-0.05, 0) is 18.6 Å². The van der Waals surface area contributed by atoms with Gasteiger partial charge < -0.3 is 11.1 Å². The van der Waals surface area contributed by atoms with E-state index in [4.69, 9.17) is 5.73 Å². The third-order valence-corrected chi connectivity index (χ3v) is 1.78. The molecule has 0 aromatic carbocycles. The van der Waals surface area contributed by atoms with Crippen LogP contribution in [0.2, 0.25) is 0 Å². The molecular weight excluding hydrogens is 223 g/mol. The number of nitrogens with two attached hydrogens (primary N) is 1. The van der Waals surface area contributed by atoms with Crippen molar-refractivity contribution in [3.63, 3.8) is 0 Å². The normalized spacial score (nSPS) is 13.3. The summed E-state index contributed by atoms with van der Waals surface area (Å²) in [6.07, 6.45) is -1.99. The summed E-state index contributed by atoms with van der Waals surface area (Å²) in [5.74, 6) is -1.31. The van der Waals surface area contributed by atoms with E-state index in [1.807, 2.05) is 5.32 Å². The van der Waals surface area contributed by atoms with E-state index < -0.39 is 18.1 Å². The van der Waals surface area contributed by atoms with Gasteiger partial charge in [0.2, 0.25) is 0 Å². The Labute approximate surface area is 89.7 Å². The third-order valence-electron chi connectivity index (χ3n) is 1.78. The summed E-state index contributed by atoms with van der Waals surface area (Å²) in [5.41, 5.74) is 5.63. The smallest absolute Gasteiger partial charge is 0.323 e. The fourth-order valence-electron chi connectivity index (χ4n) is 0.992. The largest absolute Gasteiger partial charge is 0.412 e. The average Bonchev–Trinajstić information content (AvgIpc) is 2.15. The second-order valence-corrected chi connectivity index (χ2v) is 3.26. The maximum Gasteiger partial charge on any atom is 0.412 e. The Bertz CT molecular complexity index is 392. The lowest BCUT2D eigenvalue weighted by atomic mass is 10.2. The van der Waals surface area contributed by atoms with Crippen LogP contribution in [-0.4, -0.2) is 23.1 Å². The number of anilines is 1. The van der Waals surface area contributed by atoms with Crippen molar-refractivity contribution in [2.24, 2.45) is 5.73 Å². The number of alkyl halides is 3. The molecule has 0 radical (unpaired) electrons. The van der Waals surface area contributed by atoms with Crippen LogP contribution in [0.5, 0.6) is 0 Å². The van der Waals surface area contributed by atoms with Crippen molar-refractivity contribution in [1.82, 2.24) is 4.98 Å². The van der Waals surface area contributed by atoms with Crippen LogP contribution in [0.15, 0.2) is 18.5 Å². The molecule has 7 heteroatoms. The van der Waals surface area contributed by atoms with Crippen LogP contribution < -0.4 is 11.1 Å². The summed E-state index contributed by atoms with van der Waals surface area (Å²) in [5, 5.41) is 2.04. The van der Waals surface area contributed by atoms with E-state index in [0.717, 1.165) is 5.56 Å². The summed E-state index contributed by atoms with van der Waals surface area (Å²) < 4.78 is 36.2. The quantitative estimate of drug-likeness (QED) is 0.806. The standard InChI is InChI=1S/C9H10F3N3O/c1-5-2-6(4-14-3-5)15-8(16)7(13)9(10,11)12/h2-4,7H,13H2,1H3,(H,15,16)/t7-/m1/s1. The van der Waals surface area contributed by atoms with E-state index in [2.05, 4.69) is 4.98 Å². The van der Waals surface area contributed by atoms with E-state index in [9.17, 15) is 18.0 Å². The second kappa shape index (κ2) is 4.48. The van der Waals surface area contributed by atoms with Crippen LogP contribution in [-0.2, 0) is 4.79 Å². The fourth-order valence-corrected chi connectivity index (χ4v) is 0.992. The summed E-state index contributed by atoms with van der Waals surface area (Å²) in [6, 6.07) is -1.04. The van der Waals surface area contributed by atoms with Crippen molar-refractivity contribution >= 4 is 11.6 Å². The molecule has 0 bridgehead atoms. The maximum absolute atomic E-state index is 12.1. The molecule has 3 N–H and O–H groups in total. The van der Waals surface area contributed by atoms with Crippen molar-refractivity contribution in [2.75, 3.05) is 5.32 Å². The Morgan fingerprint density at radius 3 is 2.62 bits per heavy atom. The highest BCUT2D eigenvalue weighted by Crippen LogP contribution is 2.19. The highest BCUT2D eigenvalue weighted by Gasteiger charge is 2.42. The molecule has 16 heavy (non-hydrogen) atoms. The average molecular weight is 233 g/mol. The molecule has 0 spiro atoms. The van der Waals surface area contributed by atoms with E-state index in [-0.39, 0.29) is 5.69 Å². The van der Waals surface area contributed by atoms with Crippen LogP contribution in [0.4, 0.5) is 18.9 Å². The van der Waals surface area contributed by atoms with Crippen molar-refractivity contribution < 1.29 is 18.0 Å². The molecule has 1 atom stereocenters. The SMILES string of the molecule is Cc1cncc(NC(=O)[C@@H](N)C(F)(F)F)c1. The van der Waals surface area contributed by atoms with Gasteiger partial charge in [0.15, 0.2) is 6.04 Å². The minimum atomic E-state index is -4.75. The Morgan fingerprint density at radius 1 is 1.50 bits per heavy atom. The van der Waals surface area contributed by atoms with E-state index in [0.29, 0.717) is 0 Å². The Balaban J connectivity index is 2.72. The molecule has 4 nitrogen and oxygen atoms in total. The molecular formula is C9H10F3N3O. The summed E-state index contributed by atoms with van der Waals surface area (Å²) in [4.78, 5) is 14.8. The maximum atomic E-state index is 12.1. The van der Waals surface area contributed by atoms with Gasteiger partial charge in [-0.25, -0.2) is 0 Å². The molecule has 0 unspecified atom stereocenters. The number of nitrogens with zero attached hydrogens (tertiary/aromatic N) is 1. The first-order chi connectivity index (χ1) is 7.30. The Hall–Kier alpha value is -1.63. The lowest BCUT2D eigenvalue weighted by Gasteiger charge is -2.15. The number of rotatable bonds is 2. The molecule has 1 aromatic rings. The predicted molar refractivity (Wildman–Crippen MR) is 51.6 cm³/mol. The van der Waals surface area contributed by atoms with Gasteiger partial charge in [0, 0.05) is 6.20 Å². The molecule has 0 aliphatic rings. The van der Waals surface area contributed by atoms with E-state index in [1.165, 1.54) is 18.5 Å². The lowest BCUT2D eigenvalue weighted by Crippen LogP contribution is -2.47. The number of carbonyl (C=O) groups excluding carboxylic acids is 1. The first-order valence-electron chi connectivity index (χ1n) is 4.35. The van der Waals surface area contributed by atoms with Crippen LogP contribution in [0.25, 0.3) is 0 Å². The lowest BCUT2D eigenvalue weighted by molar-refractivity contribution is -0.159. The van der Waals surface area contributed by atoms with Gasteiger partial charge in [0.1, 0.15) is 0 Å². The monoisotopic (exact) mass is 233 g/mol. The molecule has 0 fully saturated rings. The zero-order valence-electron chi connectivity index (χ0n) is 8.38. The number of carbonyl (C=O) groups is 1. The number of hydrogen-bond acceptors (Lipinski definition) is 3. The molecule has 1 heterocycles. The molecule has 0 aliphatic carbocycles. The van der Waals surface area contributed by atoms with Crippen molar-refractivity contribution in [1.29, 1.82) is 0 Å². The molecule has 1 rings (SSSR count). The molecule has 0 aliphatic heterocycles. The fraction of sp³-hybridized carbons (Fsp3) is 0.333. The van der Waals surface area contributed by atoms with Gasteiger partial charge in [0.05, 0.1) is 11.9 Å². The Kier molecular flexibility index (Phi) is 3.48. The number of aromatic nitrogens is 1. The van der Waals surface area contributed by atoms with Crippen molar-refractivity contribution in [3.8, 4) is 0 Å². The van der Waals surface area contributed by atoms with Gasteiger partial charge >= 0.3 is 6.18 Å². The van der Waals surface area contributed by atoms with Crippen molar-refractivity contribution in [2.45, 2.75) is 19.1 Å². The minimum Gasteiger partial charge on any atom is -0.323 e. The highest BCUT2D eigenvalue weighted by molar-refractivity contribution is 5.95. The van der Waals surface area contributed by atoms with Crippen LogP contribution in [0, 0.1) is 6.92 Å². The number of halogens is 3. The molecule has 0 saturated heterocycles. The van der Waals surface area contributed by atoms with Crippen molar-refractivity contribution in [3.05, 3.63) is 24.0 Å². The molecule has 1 amide bonds. The predicted octanol–water partition coefficient (Wildman–Crippen LogP) is 1.22.